The third-order valence-corrected chi connectivity index (χ3v) is 5.50. The van der Waals surface area contributed by atoms with Gasteiger partial charge in [-0.1, -0.05) is 70.2 Å². The second kappa shape index (κ2) is 7.96. The Bertz CT molecular complexity index is 955. The average molecular weight is 462 g/mol. The Balaban J connectivity index is 1.93. The van der Waals surface area contributed by atoms with E-state index in [1.54, 1.807) is 38.1 Å². The quantitative estimate of drug-likeness (QED) is 0.386. The van der Waals surface area contributed by atoms with E-state index in [0.29, 0.717) is 26.1 Å². The lowest BCUT2D eigenvalue weighted by atomic mass is 9.96. The van der Waals surface area contributed by atoms with Crippen LogP contribution in [0.3, 0.4) is 0 Å². The molecule has 3 rings (SSSR count). The fraction of sp³-hybridized carbons (Fsp3) is 0.150. The number of amides is 1. The number of ketones is 1. The lowest BCUT2D eigenvalue weighted by molar-refractivity contribution is -0.115. The van der Waals surface area contributed by atoms with E-state index in [1.165, 1.54) is 11.8 Å². The number of nitrogens with one attached hydrogen (secondary N) is 1. The number of carbonyl (C=O) groups is 2. The number of rotatable bonds is 5. The van der Waals surface area contributed by atoms with Crippen LogP contribution in [-0.2, 0) is 4.79 Å². The molecule has 0 radical (unpaired) electrons. The lowest BCUT2D eigenvalue weighted by Gasteiger charge is -2.26. The maximum absolute atomic E-state index is 12.9. The maximum Gasteiger partial charge on any atom is 0.263 e. The molecular weight excluding hydrogens is 446 g/mol. The molecule has 2 aromatic carbocycles. The first-order valence-corrected chi connectivity index (χ1v) is 10.1. The fourth-order valence-corrected chi connectivity index (χ4v) is 3.96. The minimum atomic E-state index is -1.08. The molecular formula is C20H16BrNO3S2. The van der Waals surface area contributed by atoms with Crippen molar-refractivity contribution in [2.45, 2.75) is 19.4 Å². The van der Waals surface area contributed by atoms with Gasteiger partial charge in [0, 0.05) is 15.6 Å². The Hall–Kier alpha value is -1.96. The van der Waals surface area contributed by atoms with Crippen LogP contribution in [0.25, 0.3) is 6.08 Å². The number of hydrogen-bond acceptors (Lipinski definition) is 5. The molecule has 138 valence electrons. The summed E-state index contributed by atoms with van der Waals surface area (Å²) in [6, 6.07) is 14.4. The monoisotopic (exact) mass is 461 g/mol. The molecule has 1 heterocycles. The summed E-state index contributed by atoms with van der Waals surface area (Å²) in [6.45, 7) is 3.46. The molecule has 0 unspecified atom stereocenters. The first kappa shape index (κ1) is 19.8. The first-order chi connectivity index (χ1) is 12.8. The minimum absolute atomic E-state index is 0.126. The van der Waals surface area contributed by atoms with Gasteiger partial charge in [-0.05, 0) is 38.1 Å². The van der Waals surface area contributed by atoms with E-state index in [4.69, 9.17) is 17.0 Å². The molecule has 0 bridgehead atoms. The molecule has 1 aliphatic rings. The van der Waals surface area contributed by atoms with Crippen molar-refractivity contribution in [1.82, 2.24) is 5.32 Å². The Labute approximate surface area is 175 Å². The predicted octanol–water partition coefficient (Wildman–Crippen LogP) is 4.98. The minimum Gasteiger partial charge on any atom is -0.479 e. The summed E-state index contributed by atoms with van der Waals surface area (Å²) in [6.07, 6.45) is 1.71. The van der Waals surface area contributed by atoms with Crippen LogP contribution in [0, 0.1) is 0 Å². The molecule has 1 amide bonds. The van der Waals surface area contributed by atoms with Crippen molar-refractivity contribution < 1.29 is 14.3 Å². The number of ether oxygens (including phenoxy) is 1. The van der Waals surface area contributed by atoms with Gasteiger partial charge in [0.05, 0.1) is 4.91 Å². The van der Waals surface area contributed by atoms with E-state index in [1.807, 2.05) is 30.3 Å². The molecule has 1 fully saturated rings. The number of benzene rings is 2. The zero-order chi connectivity index (χ0) is 19.6. The Kier molecular flexibility index (Phi) is 5.83. The number of thioether (sulfide) groups is 1. The van der Waals surface area contributed by atoms with E-state index in [2.05, 4.69) is 21.2 Å². The molecule has 1 aliphatic heterocycles. The maximum atomic E-state index is 12.9. The van der Waals surface area contributed by atoms with Gasteiger partial charge >= 0.3 is 0 Å². The summed E-state index contributed by atoms with van der Waals surface area (Å²) in [5, 5.41) is 2.59. The van der Waals surface area contributed by atoms with E-state index >= 15 is 0 Å². The van der Waals surface area contributed by atoms with Gasteiger partial charge in [-0.15, -0.1) is 0 Å². The summed E-state index contributed by atoms with van der Waals surface area (Å²) in [7, 11) is 0. The molecule has 27 heavy (non-hydrogen) atoms. The first-order valence-electron chi connectivity index (χ1n) is 8.09. The molecule has 1 saturated heterocycles. The fourth-order valence-electron chi connectivity index (χ4n) is 2.55. The van der Waals surface area contributed by atoms with Crippen LogP contribution >= 0.6 is 39.9 Å². The predicted molar refractivity (Wildman–Crippen MR) is 116 cm³/mol. The van der Waals surface area contributed by atoms with E-state index in [-0.39, 0.29) is 11.7 Å². The highest BCUT2D eigenvalue weighted by Crippen LogP contribution is 2.33. The molecule has 7 heteroatoms. The number of thiocarbonyl (C=S) groups is 1. The van der Waals surface area contributed by atoms with E-state index in [9.17, 15) is 9.59 Å². The van der Waals surface area contributed by atoms with E-state index in [0.717, 1.165) is 4.47 Å². The van der Waals surface area contributed by atoms with Crippen LogP contribution in [0.2, 0.25) is 0 Å². The highest BCUT2D eigenvalue weighted by Gasteiger charge is 2.32. The molecule has 1 N–H and O–H groups in total. The Morgan fingerprint density at radius 3 is 2.56 bits per heavy atom. The average Bonchev–Trinajstić information content (AvgIpc) is 2.94. The number of Topliss-reactive ketones (excluding diaryl/α,β-unsaturated/α-hetero) is 1. The van der Waals surface area contributed by atoms with Crippen molar-refractivity contribution in [3.63, 3.8) is 0 Å². The molecule has 4 nitrogen and oxygen atoms in total. The van der Waals surface area contributed by atoms with Crippen LogP contribution in [0.1, 0.15) is 29.8 Å². The third-order valence-electron chi connectivity index (χ3n) is 3.85. The summed E-state index contributed by atoms with van der Waals surface area (Å²) in [5.41, 5.74) is 0.180. The van der Waals surface area contributed by atoms with Gasteiger partial charge in [-0.3, -0.25) is 9.59 Å². The second-order valence-corrected chi connectivity index (χ2v) is 8.98. The number of hydrogen-bond donors (Lipinski definition) is 1. The van der Waals surface area contributed by atoms with Gasteiger partial charge in [-0.25, -0.2) is 0 Å². The second-order valence-electron chi connectivity index (χ2n) is 6.34. The van der Waals surface area contributed by atoms with Crippen LogP contribution in [0.15, 0.2) is 57.9 Å². The molecule has 0 aromatic heterocycles. The normalized spacial score (nSPS) is 15.7. The SMILES string of the molecule is CC(C)(Oc1ccc(Br)cc1C=C1SC(=S)NC1=O)C(=O)c1ccccc1. The molecule has 2 aromatic rings. The highest BCUT2D eigenvalue weighted by atomic mass is 79.9. The van der Waals surface area contributed by atoms with Gasteiger partial charge in [0.1, 0.15) is 10.1 Å². The van der Waals surface area contributed by atoms with Gasteiger partial charge in [0.15, 0.2) is 5.60 Å². The highest BCUT2D eigenvalue weighted by molar-refractivity contribution is 9.10. The zero-order valence-electron chi connectivity index (χ0n) is 14.6. The molecule has 0 saturated carbocycles. The van der Waals surface area contributed by atoms with Crippen molar-refractivity contribution >= 4 is 62.0 Å². The van der Waals surface area contributed by atoms with Crippen molar-refractivity contribution in [3.8, 4) is 5.75 Å². The van der Waals surface area contributed by atoms with Crippen LogP contribution in [-0.4, -0.2) is 21.6 Å². The third kappa shape index (κ3) is 4.66. The topological polar surface area (TPSA) is 55.4 Å². The zero-order valence-corrected chi connectivity index (χ0v) is 17.8. The van der Waals surface area contributed by atoms with E-state index < -0.39 is 5.60 Å². The number of carbonyl (C=O) groups excluding carboxylic acids is 2. The van der Waals surface area contributed by atoms with Crippen molar-refractivity contribution in [1.29, 1.82) is 0 Å². The van der Waals surface area contributed by atoms with Crippen LogP contribution in [0.4, 0.5) is 0 Å². The Morgan fingerprint density at radius 2 is 1.93 bits per heavy atom. The van der Waals surface area contributed by atoms with Gasteiger partial charge in [-0.2, -0.15) is 0 Å². The van der Waals surface area contributed by atoms with Crippen molar-refractivity contribution in [2.24, 2.45) is 0 Å². The standard InChI is InChI=1S/C20H16BrNO3S2/c1-20(2,17(23)12-6-4-3-5-7-12)25-15-9-8-14(21)10-13(15)11-16-18(24)22-19(26)27-16/h3-11H,1-2H3,(H,22,24,26). The summed E-state index contributed by atoms with van der Waals surface area (Å²) in [4.78, 5) is 25.3. The smallest absolute Gasteiger partial charge is 0.263 e. The summed E-state index contributed by atoms with van der Waals surface area (Å²) >= 11 is 9.66. The molecule has 0 spiro atoms. The lowest BCUT2D eigenvalue weighted by Crippen LogP contribution is -2.38. The largest absolute Gasteiger partial charge is 0.479 e. The Morgan fingerprint density at radius 1 is 1.22 bits per heavy atom. The van der Waals surface area contributed by atoms with Crippen LogP contribution < -0.4 is 10.1 Å². The summed E-state index contributed by atoms with van der Waals surface area (Å²) in [5.74, 6) is 0.139. The van der Waals surface area contributed by atoms with Gasteiger partial charge < -0.3 is 10.1 Å². The van der Waals surface area contributed by atoms with Crippen molar-refractivity contribution in [3.05, 3.63) is 69.0 Å². The number of halogens is 1. The molecule has 0 aliphatic carbocycles. The van der Waals surface area contributed by atoms with Crippen LogP contribution in [0.5, 0.6) is 5.75 Å². The van der Waals surface area contributed by atoms with Crippen molar-refractivity contribution in [2.75, 3.05) is 0 Å². The molecule has 0 atom stereocenters. The van der Waals surface area contributed by atoms with Gasteiger partial charge in [0.25, 0.3) is 5.91 Å². The summed E-state index contributed by atoms with van der Waals surface area (Å²) < 4.78 is 7.34. The van der Waals surface area contributed by atoms with Gasteiger partial charge in [0.2, 0.25) is 5.78 Å².